The van der Waals surface area contributed by atoms with Crippen LogP contribution in [0.15, 0.2) is 48.5 Å². The molecule has 1 heterocycles. The molecule has 37 heavy (non-hydrogen) atoms. The lowest BCUT2D eigenvalue weighted by Gasteiger charge is -2.40. The average Bonchev–Trinajstić information content (AvgIpc) is 2.87. The zero-order chi connectivity index (χ0) is 27.2. The molecule has 0 amide bonds. The van der Waals surface area contributed by atoms with Crippen molar-refractivity contribution in [1.82, 2.24) is 0 Å². The third-order valence-electron chi connectivity index (χ3n) is 5.79. The number of hydrogen-bond acceptors (Lipinski definition) is 10. The lowest BCUT2D eigenvalue weighted by Crippen LogP contribution is -2.59. The molecule has 0 bridgehead atoms. The molecule has 1 fully saturated rings. The van der Waals surface area contributed by atoms with Crippen LogP contribution in [-0.4, -0.2) is 86.4 Å². The van der Waals surface area contributed by atoms with Crippen molar-refractivity contribution in [2.75, 3.05) is 20.3 Å². The Morgan fingerprint density at radius 2 is 1.59 bits per heavy atom. The van der Waals surface area contributed by atoms with Gasteiger partial charge in [0.2, 0.25) is 0 Å². The van der Waals surface area contributed by atoms with Crippen LogP contribution in [0.4, 0.5) is 0 Å². The van der Waals surface area contributed by atoms with Gasteiger partial charge in [0.25, 0.3) is 0 Å². The summed E-state index contributed by atoms with van der Waals surface area (Å²) < 4.78 is 27.2. The Kier molecular flexibility index (Phi) is 9.82. The lowest BCUT2D eigenvalue weighted by molar-refractivity contribution is -0.299. The number of carbonyl (C=O) groups is 2. The topological polar surface area (TPSA) is 141 Å². The Hall–Kier alpha value is -2.80. The van der Waals surface area contributed by atoms with Gasteiger partial charge in [-0.3, -0.25) is 0 Å². The molecule has 0 saturated carbocycles. The summed E-state index contributed by atoms with van der Waals surface area (Å²) >= 11 is 0. The number of aliphatic hydroxyl groups excluding tert-OH is 3. The van der Waals surface area contributed by atoms with Crippen molar-refractivity contribution in [3.63, 3.8) is 0 Å². The van der Waals surface area contributed by atoms with Crippen molar-refractivity contribution < 1.29 is 48.6 Å². The number of esters is 2. The summed E-state index contributed by atoms with van der Waals surface area (Å²) in [4.78, 5) is 25.0. The van der Waals surface area contributed by atoms with Crippen molar-refractivity contribution >= 4 is 20.0 Å². The number of hydrogen-bond donors (Lipinski definition) is 3. The zero-order valence-corrected chi connectivity index (χ0v) is 22.3. The molecule has 0 spiro atoms. The summed E-state index contributed by atoms with van der Waals surface area (Å²) in [6.07, 6.45) is -6.76. The van der Waals surface area contributed by atoms with Crippen LogP contribution in [0.5, 0.6) is 11.5 Å². The molecule has 1 saturated heterocycles. The first-order valence-corrected chi connectivity index (χ1v) is 15.6. The van der Waals surface area contributed by atoms with Gasteiger partial charge in [-0.25, -0.2) is 9.59 Å². The first kappa shape index (κ1) is 28.8. The summed E-state index contributed by atoms with van der Waals surface area (Å²) in [5.41, 5.74) is 0.458. The van der Waals surface area contributed by atoms with Gasteiger partial charge in [0.05, 0.1) is 18.2 Å². The molecule has 11 heteroatoms. The second kappa shape index (κ2) is 12.6. The van der Waals surface area contributed by atoms with Gasteiger partial charge in [0, 0.05) is 14.7 Å². The highest BCUT2D eigenvalue weighted by atomic mass is 28.3. The van der Waals surface area contributed by atoms with Crippen LogP contribution in [0, 0.1) is 0 Å². The molecule has 1 aliphatic heterocycles. The maximum atomic E-state index is 12.7. The Morgan fingerprint density at radius 3 is 2.24 bits per heavy atom. The van der Waals surface area contributed by atoms with Crippen molar-refractivity contribution in [2.24, 2.45) is 0 Å². The van der Waals surface area contributed by atoms with E-state index in [1.165, 1.54) is 25.3 Å². The molecular formula is C26H34O10Si. The molecule has 10 nitrogen and oxygen atoms in total. The fraction of sp³-hybridized carbons (Fsp3) is 0.462. The minimum Gasteiger partial charge on any atom is -0.493 e. The van der Waals surface area contributed by atoms with Gasteiger partial charge in [-0.05, 0) is 36.4 Å². The van der Waals surface area contributed by atoms with E-state index in [2.05, 4.69) is 19.6 Å². The van der Waals surface area contributed by atoms with Gasteiger partial charge in [0.1, 0.15) is 31.0 Å². The number of methoxy groups -OCH3 is 1. The van der Waals surface area contributed by atoms with Gasteiger partial charge in [-0.2, -0.15) is 0 Å². The summed E-state index contributed by atoms with van der Waals surface area (Å²) in [5.74, 6) is -1.08. The SMILES string of the molecule is COc1cc(C(=O)OC[C@H]2O[C@@H](OCC[Si](C)(C)C)[C@H](O)[C@@H](O)[C@@H]2O)ccc1OC(=O)c1ccccc1. The third-order valence-corrected chi connectivity index (χ3v) is 7.50. The minimum absolute atomic E-state index is 0.102. The number of ether oxygens (including phenoxy) is 5. The Balaban J connectivity index is 1.61. The van der Waals surface area contributed by atoms with E-state index in [4.69, 9.17) is 23.7 Å². The molecule has 0 unspecified atom stereocenters. The van der Waals surface area contributed by atoms with Gasteiger partial charge in [-0.15, -0.1) is 0 Å². The monoisotopic (exact) mass is 534 g/mol. The minimum atomic E-state index is -1.53. The third kappa shape index (κ3) is 7.84. The van der Waals surface area contributed by atoms with E-state index in [1.54, 1.807) is 30.3 Å². The molecule has 5 atom stereocenters. The first-order chi connectivity index (χ1) is 17.5. The summed E-state index contributed by atoms with van der Waals surface area (Å²) in [6, 6.07) is 13.4. The Bertz CT molecular complexity index is 1060. The molecule has 3 N–H and O–H groups in total. The largest absolute Gasteiger partial charge is 0.493 e. The molecule has 202 valence electrons. The van der Waals surface area contributed by atoms with Crippen LogP contribution in [0.1, 0.15) is 20.7 Å². The van der Waals surface area contributed by atoms with Gasteiger partial charge in [0.15, 0.2) is 17.8 Å². The van der Waals surface area contributed by atoms with E-state index < -0.39 is 57.3 Å². The standard InChI is InChI=1S/C26H34O10Si/c1-32-19-14-17(10-11-18(19)35-25(31)16-8-6-5-7-9-16)24(30)34-15-20-21(27)22(28)23(29)26(36-20)33-12-13-37(2,3)4/h5-11,14,20-23,26-29H,12-13,15H2,1-4H3/t20-,21-,22+,23-,26-/m1/s1. The van der Waals surface area contributed by atoms with E-state index >= 15 is 0 Å². The van der Waals surface area contributed by atoms with Gasteiger partial charge < -0.3 is 39.0 Å². The fourth-order valence-electron chi connectivity index (χ4n) is 3.53. The maximum absolute atomic E-state index is 12.7. The second-order valence-electron chi connectivity index (χ2n) is 9.92. The van der Waals surface area contributed by atoms with E-state index in [0.29, 0.717) is 12.2 Å². The molecule has 1 aliphatic rings. The number of carbonyl (C=O) groups excluding carboxylic acids is 2. The van der Waals surface area contributed by atoms with Crippen LogP contribution < -0.4 is 9.47 Å². The molecule has 3 rings (SSSR count). The number of aliphatic hydroxyl groups is 3. The van der Waals surface area contributed by atoms with Crippen LogP contribution in [0.3, 0.4) is 0 Å². The molecule has 0 aromatic heterocycles. The Morgan fingerprint density at radius 1 is 0.892 bits per heavy atom. The summed E-state index contributed by atoms with van der Waals surface area (Å²) in [7, 11) is -0.0321. The highest BCUT2D eigenvalue weighted by molar-refractivity contribution is 6.76. The van der Waals surface area contributed by atoms with Crippen molar-refractivity contribution in [3.05, 3.63) is 59.7 Å². The lowest BCUT2D eigenvalue weighted by atomic mass is 9.99. The molecule has 0 radical (unpaired) electrons. The average molecular weight is 535 g/mol. The first-order valence-electron chi connectivity index (χ1n) is 11.9. The Labute approximate surface area is 216 Å². The smallest absolute Gasteiger partial charge is 0.343 e. The van der Waals surface area contributed by atoms with E-state index in [0.717, 1.165) is 6.04 Å². The normalized spacial score (nSPS) is 23.8. The van der Waals surface area contributed by atoms with Crippen LogP contribution in [0.2, 0.25) is 25.7 Å². The summed E-state index contributed by atoms with van der Waals surface area (Å²) in [5, 5.41) is 30.8. The highest BCUT2D eigenvalue weighted by Crippen LogP contribution is 2.30. The van der Waals surface area contributed by atoms with Crippen molar-refractivity contribution in [2.45, 2.75) is 56.4 Å². The van der Waals surface area contributed by atoms with Crippen molar-refractivity contribution in [3.8, 4) is 11.5 Å². The zero-order valence-electron chi connectivity index (χ0n) is 21.3. The molecule has 2 aromatic carbocycles. The van der Waals surface area contributed by atoms with Crippen LogP contribution >= 0.6 is 0 Å². The number of benzene rings is 2. The van der Waals surface area contributed by atoms with Crippen LogP contribution in [-0.2, 0) is 14.2 Å². The predicted octanol–water partition coefficient (Wildman–Crippen LogP) is 2.23. The molecule has 2 aromatic rings. The van der Waals surface area contributed by atoms with Crippen LogP contribution in [0.25, 0.3) is 0 Å². The van der Waals surface area contributed by atoms with Gasteiger partial charge >= 0.3 is 11.9 Å². The number of rotatable bonds is 10. The second-order valence-corrected chi connectivity index (χ2v) is 15.5. The molecular weight excluding hydrogens is 500 g/mol. The highest BCUT2D eigenvalue weighted by Gasteiger charge is 2.45. The van der Waals surface area contributed by atoms with E-state index in [1.807, 2.05) is 0 Å². The van der Waals surface area contributed by atoms with Crippen molar-refractivity contribution in [1.29, 1.82) is 0 Å². The summed E-state index contributed by atoms with van der Waals surface area (Å²) in [6.45, 7) is 6.44. The van der Waals surface area contributed by atoms with E-state index in [9.17, 15) is 24.9 Å². The quantitative estimate of drug-likeness (QED) is 0.236. The molecule has 0 aliphatic carbocycles. The van der Waals surface area contributed by atoms with Gasteiger partial charge in [-0.1, -0.05) is 37.8 Å². The maximum Gasteiger partial charge on any atom is 0.343 e. The fourth-order valence-corrected chi connectivity index (χ4v) is 4.26. The van der Waals surface area contributed by atoms with E-state index in [-0.39, 0.29) is 17.1 Å². The predicted molar refractivity (Wildman–Crippen MR) is 135 cm³/mol.